The summed E-state index contributed by atoms with van der Waals surface area (Å²) in [6.07, 6.45) is 0. The van der Waals surface area contributed by atoms with E-state index in [1.807, 2.05) is 0 Å². The summed E-state index contributed by atoms with van der Waals surface area (Å²) in [5, 5.41) is -0.254. The minimum absolute atomic E-state index is 0.186. The monoisotopic (exact) mass is 325 g/mol. The molecular formula is C15H13ClFNO2S. The van der Waals surface area contributed by atoms with Crippen LogP contribution in [0.3, 0.4) is 0 Å². The second-order valence-corrected chi connectivity index (χ2v) is 7.66. The Bertz CT molecular complexity index is 777. The first-order valence-corrected chi connectivity index (χ1v) is 8.34. The van der Waals surface area contributed by atoms with E-state index in [1.54, 1.807) is 12.1 Å². The fourth-order valence-electron chi connectivity index (χ4n) is 2.61. The first kappa shape index (κ1) is 14.5. The van der Waals surface area contributed by atoms with Gasteiger partial charge in [-0.2, -0.15) is 0 Å². The largest absolute Gasteiger partial charge is 0.326 e. The zero-order chi connectivity index (χ0) is 15.2. The molecule has 1 fully saturated rings. The molecule has 3 atom stereocenters. The van der Waals surface area contributed by atoms with Gasteiger partial charge in [0.05, 0.1) is 10.1 Å². The van der Waals surface area contributed by atoms with Crippen LogP contribution in [0.15, 0.2) is 53.4 Å². The van der Waals surface area contributed by atoms with Gasteiger partial charge in [-0.05, 0) is 42.0 Å². The fourth-order valence-corrected chi connectivity index (χ4v) is 4.78. The highest BCUT2D eigenvalue weighted by atomic mass is 35.5. The molecule has 0 saturated heterocycles. The lowest BCUT2D eigenvalue weighted by atomic mass is 10.1. The summed E-state index contributed by atoms with van der Waals surface area (Å²) in [6.45, 7) is 0. The van der Waals surface area contributed by atoms with Crippen LogP contribution in [0.25, 0.3) is 0 Å². The van der Waals surface area contributed by atoms with Crippen LogP contribution in [0.4, 0.5) is 4.39 Å². The lowest BCUT2D eigenvalue weighted by Crippen LogP contribution is -2.15. The van der Waals surface area contributed by atoms with Crippen LogP contribution in [0, 0.1) is 5.82 Å². The van der Waals surface area contributed by atoms with Crippen molar-refractivity contribution in [1.82, 2.24) is 0 Å². The maximum Gasteiger partial charge on any atom is 0.183 e. The van der Waals surface area contributed by atoms with Gasteiger partial charge >= 0.3 is 0 Å². The predicted octanol–water partition coefficient (Wildman–Crippen LogP) is 2.75. The predicted molar refractivity (Wildman–Crippen MR) is 79.5 cm³/mol. The normalized spacial score (nSPS) is 24.8. The molecule has 3 unspecified atom stereocenters. The first-order chi connectivity index (χ1) is 9.91. The summed E-state index contributed by atoms with van der Waals surface area (Å²) < 4.78 is 38.4. The van der Waals surface area contributed by atoms with Gasteiger partial charge in [0, 0.05) is 17.0 Å². The van der Waals surface area contributed by atoms with Crippen LogP contribution < -0.4 is 5.73 Å². The Kier molecular flexibility index (Phi) is 3.51. The van der Waals surface area contributed by atoms with Gasteiger partial charge in [0.15, 0.2) is 9.84 Å². The van der Waals surface area contributed by atoms with Crippen molar-refractivity contribution in [1.29, 1.82) is 0 Å². The Morgan fingerprint density at radius 1 is 1.10 bits per heavy atom. The topological polar surface area (TPSA) is 60.2 Å². The van der Waals surface area contributed by atoms with E-state index in [9.17, 15) is 12.8 Å². The Balaban J connectivity index is 1.93. The quantitative estimate of drug-likeness (QED) is 0.944. The minimum Gasteiger partial charge on any atom is -0.326 e. The summed E-state index contributed by atoms with van der Waals surface area (Å²) >= 11 is 5.77. The molecule has 0 spiro atoms. The van der Waals surface area contributed by atoms with Gasteiger partial charge in [-0.1, -0.05) is 23.7 Å². The Labute approximate surface area is 127 Å². The third kappa shape index (κ3) is 2.57. The Hall–Kier alpha value is -1.43. The molecule has 0 radical (unpaired) electrons. The van der Waals surface area contributed by atoms with E-state index in [0.717, 1.165) is 0 Å². The van der Waals surface area contributed by atoms with E-state index in [1.165, 1.54) is 36.4 Å². The van der Waals surface area contributed by atoms with E-state index >= 15 is 0 Å². The van der Waals surface area contributed by atoms with E-state index in [2.05, 4.69) is 0 Å². The molecule has 3 nitrogen and oxygen atoms in total. The first-order valence-electron chi connectivity index (χ1n) is 6.42. The van der Waals surface area contributed by atoms with Gasteiger partial charge < -0.3 is 5.73 Å². The van der Waals surface area contributed by atoms with Crippen LogP contribution in [-0.4, -0.2) is 19.7 Å². The third-order valence-corrected chi connectivity index (χ3v) is 6.25. The molecule has 0 bridgehead atoms. The van der Waals surface area contributed by atoms with Crippen molar-refractivity contribution in [3.8, 4) is 0 Å². The average molecular weight is 326 g/mol. The maximum atomic E-state index is 13.3. The standard InChI is InChI=1S/C15H13ClFNO2S/c16-10-4-6-12(7-5-10)21(19,20)15-13(14(15)18)9-2-1-3-11(17)8-9/h1-8,13-15H,18H2. The van der Waals surface area contributed by atoms with Crippen molar-refractivity contribution in [2.45, 2.75) is 22.1 Å². The molecule has 6 heteroatoms. The lowest BCUT2D eigenvalue weighted by molar-refractivity contribution is 0.593. The zero-order valence-electron chi connectivity index (χ0n) is 10.9. The van der Waals surface area contributed by atoms with Gasteiger partial charge in [-0.3, -0.25) is 0 Å². The summed E-state index contributed by atoms with van der Waals surface area (Å²) in [4.78, 5) is 0.186. The highest BCUT2D eigenvalue weighted by molar-refractivity contribution is 7.92. The second-order valence-electron chi connectivity index (χ2n) is 5.12. The number of hydrogen-bond acceptors (Lipinski definition) is 3. The van der Waals surface area contributed by atoms with E-state index in [4.69, 9.17) is 17.3 Å². The highest BCUT2D eigenvalue weighted by Gasteiger charge is 2.57. The molecule has 0 heterocycles. The third-order valence-electron chi connectivity index (χ3n) is 3.74. The summed E-state index contributed by atoms with van der Waals surface area (Å²) in [6, 6.07) is 11.4. The number of sulfone groups is 1. The smallest absolute Gasteiger partial charge is 0.183 e. The number of rotatable bonds is 3. The molecule has 110 valence electrons. The Morgan fingerprint density at radius 3 is 2.38 bits per heavy atom. The lowest BCUT2D eigenvalue weighted by Gasteiger charge is -2.04. The van der Waals surface area contributed by atoms with Gasteiger partial charge in [0.2, 0.25) is 0 Å². The zero-order valence-corrected chi connectivity index (χ0v) is 12.5. The molecule has 2 aromatic carbocycles. The van der Waals surface area contributed by atoms with Gasteiger partial charge in [-0.15, -0.1) is 0 Å². The van der Waals surface area contributed by atoms with Crippen molar-refractivity contribution in [3.63, 3.8) is 0 Å². The molecule has 0 aliphatic heterocycles. The summed E-state index contributed by atoms with van der Waals surface area (Å²) in [5.41, 5.74) is 6.53. The maximum absolute atomic E-state index is 13.3. The molecule has 2 aromatic rings. The number of benzene rings is 2. The number of hydrogen-bond donors (Lipinski definition) is 1. The van der Waals surface area contributed by atoms with Gasteiger partial charge in [0.25, 0.3) is 0 Å². The van der Waals surface area contributed by atoms with Crippen LogP contribution in [-0.2, 0) is 9.84 Å². The molecule has 2 N–H and O–H groups in total. The van der Waals surface area contributed by atoms with Crippen LogP contribution in [0.5, 0.6) is 0 Å². The van der Waals surface area contributed by atoms with Crippen molar-refractivity contribution >= 4 is 21.4 Å². The Morgan fingerprint density at radius 2 is 1.76 bits per heavy atom. The van der Waals surface area contributed by atoms with Gasteiger partial charge in [0.1, 0.15) is 5.82 Å². The summed E-state index contributed by atoms with van der Waals surface area (Å²) in [7, 11) is -3.55. The van der Waals surface area contributed by atoms with Crippen molar-refractivity contribution in [3.05, 3.63) is 64.9 Å². The van der Waals surface area contributed by atoms with E-state index in [-0.39, 0.29) is 10.8 Å². The van der Waals surface area contributed by atoms with E-state index < -0.39 is 26.9 Å². The molecule has 0 amide bonds. The molecular weight excluding hydrogens is 313 g/mol. The van der Waals surface area contributed by atoms with Crippen LogP contribution in [0.1, 0.15) is 11.5 Å². The molecule has 3 rings (SSSR count). The van der Waals surface area contributed by atoms with Crippen molar-refractivity contribution in [2.24, 2.45) is 5.73 Å². The number of halogens is 2. The SMILES string of the molecule is NC1C(c2cccc(F)c2)C1S(=O)(=O)c1ccc(Cl)cc1. The highest BCUT2D eigenvalue weighted by Crippen LogP contribution is 2.47. The average Bonchev–Trinajstić information content (AvgIpc) is 3.12. The molecule has 1 aliphatic carbocycles. The van der Waals surface area contributed by atoms with Crippen molar-refractivity contribution < 1.29 is 12.8 Å². The van der Waals surface area contributed by atoms with Gasteiger partial charge in [-0.25, -0.2) is 12.8 Å². The fraction of sp³-hybridized carbons (Fsp3) is 0.200. The van der Waals surface area contributed by atoms with Crippen molar-refractivity contribution in [2.75, 3.05) is 0 Å². The number of nitrogens with two attached hydrogens (primary N) is 1. The second kappa shape index (κ2) is 5.09. The van der Waals surface area contributed by atoms with Crippen LogP contribution >= 0.6 is 11.6 Å². The molecule has 1 saturated carbocycles. The molecule has 21 heavy (non-hydrogen) atoms. The molecule has 1 aliphatic rings. The van der Waals surface area contributed by atoms with E-state index in [0.29, 0.717) is 10.6 Å². The summed E-state index contributed by atoms with van der Waals surface area (Å²) in [5.74, 6) is -0.768. The minimum atomic E-state index is -3.55. The van der Waals surface area contributed by atoms with Crippen LogP contribution in [0.2, 0.25) is 5.02 Å². The molecule has 0 aromatic heterocycles.